The minimum atomic E-state index is -4.94. The molecule has 0 aromatic carbocycles. The second kappa shape index (κ2) is 4.32. The fourth-order valence-electron chi connectivity index (χ4n) is 0.985. The van der Waals surface area contributed by atoms with Gasteiger partial charge in [0.05, 0.1) is 5.02 Å². The van der Waals surface area contributed by atoms with E-state index in [1.54, 1.807) is 0 Å². The molecule has 0 spiro atoms. The minimum absolute atomic E-state index is 0.0273. The molecule has 0 amide bonds. The van der Waals surface area contributed by atoms with Crippen LogP contribution in [0.3, 0.4) is 0 Å². The van der Waals surface area contributed by atoms with Crippen LogP contribution in [0.5, 0.6) is 0 Å². The highest BCUT2D eigenvalue weighted by Gasteiger charge is 2.37. The maximum Gasteiger partial charge on any atom is 0.434 e. The Kier molecular flexibility index (Phi) is 3.47. The Bertz CT molecular complexity index is 418. The normalized spacial score (nSPS) is 11.9. The van der Waals surface area contributed by atoms with Gasteiger partial charge in [0.15, 0.2) is 12.0 Å². The van der Waals surface area contributed by atoms with Crippen LogP contribution in [0.1, 0.15) is 28.2 Å². The van der Waals surface area contributed by atoms with E-state index in [1.165, 1.54) is 0 Å². The van der Waals surface area contributed by atoms with E-state index in [4.69, 9.17) is 11.6 Å². The number of nitrogens with zero attached hydrogens (tertiary/aromatic N) is 1. The van der Waals surface area contributed by atoms with Gasteiger partial charge in [0.1, 0.15) is 5.69 Å². The van der Waals surface area contributed by atoms with E-state index in [2.05, 4.69) is 4.98 Å². The lowest BCUT2D eigenvalue weighted by Crippen LogP contribution is -2.12. The Hall–Kier alpha value is -1.24. The second-order valence-electron chi connectivity index (χ2n) is 2.71. The molecule has 0 saturated carbocycles. The summed E-state index contributed by atoms with van der Waals surface area (Å²) in [5, 5.41) is -0.890. The number of carbonyl (C=O) groups excluding carboxylic acids is 1. The van der Waals surface area contributed by atoms with E-state index >= 15 is 0 Å². The van der Waals surface area contributed by atoms with Crippen molar-refractivity contribution in [2.45, 2.75) is 12.6 Å². The molecule has 0 bridgehead atoms. The number of aldehydes is 1. The molecule has 0 saturated heterocycles. The summed E-state index contributed by atoms with van der Waals surface area (Å²) in [5.74, 6) is 0. The molecular weight excluding hydrogens is 257 g/mol. The van der Waals surface area contributed by atoms with Crippen molar-refractivity contribution in [2.24, 2.45) is 0 Å². The first-order valence-corrected chi connectivity index (χ1v) is 4.16. The zero-order valence-corrected chi connectivity index (χ0v) is 8.11. The molecule has 0 aliphatic rings. The van der Waals surface area contributed by atoms with Crippen LogP contribution in [0, 0.1) is 0 Å². The van der Waals surface area contributed by atoms with Gasteiger partial charge >= 0.3 is 6.18 Å². The molecule has 0 unspecified atom stereocenters. The predicted molar refractivity (Wildman–Crippen MR) is 44.6 cm³/mol. The number of aromatic nitrogens is 1. The monoisotopic (exact) mass is 259 g/mol. The van der Waals surface area contributed by atoms with Crippen molar-refractivity contribution in [1.82, 2.24) is 4.98 Å². The van der Waals surface area contributed by atoms with Crippen LogP contribution >= 0.6 is 11.6 Å². The Morgan fingerprint density at radius 1 is 1.38 bits per heavy atom. The van der Waals surface area contributed by atoms with Crippen molar-refractivity contribution in [3.05, 3.63) is 28.0 Å². The van der Waals surface area contributed by atoms with Crippen LogP contribution in [-0.2, 0) is 6.18 Å². The third kappa shape index (κ3) is 2.46. The Morgan fingerprint density at radius 3 is 2.31 bits per heavy atom. The van der Waals surface area contributed by atoms with Crippen LogP contribution in [0.15, 0.2) is 6.07 Å². The van der Waals surface area contributed by atoms with E-state index in [0.29, 0.717) is 6.07 Å². The summed E-state index contributed by atoms with van der Waals surface area (Å²) >= 11 is 5.18. The lowest BCUT2D eigenvalue weighted by molar-refractivity contribution is -0.141. The minimum Gasteiger partial charge on any atom is -0.298 e. The summed E-state index contributed by atoms with van der Waals surface area (Å²) in [7, 11) is 0. The number of alkyl halides is 5. The molecule has 0 aliphatic heterocycles. The van der Waals surface area contributed by atoms with Crippen LogP contribution in [0.2, 0.25) is 5.02 Å². The van der Waals surface area contributed by atoms with Crippen molar-refractivity contribution < 1.29 is 26.7 Å². The SMILES string of the molecule is O=Cc1cc(Cl)c(C(F)(F)F)nc1C(F)F. The number of halogens is 6. The first kappa shape index (κ1) is 12.8. The van der Waals surface area contributed by atoms with E-state index < -0.39 is 34.6 Å². The third-order valence-corrected chi connectivity index (χ3v) is 1.93. The molecule has 0 aliphatic carbocycles. The quantitative estimate of drug-likeness (QED) is 0.601. The molecule has 2 nitrogen and oxygen atoms in total. The highest BCUT2D eigenvalue weighted by atomic mass is 35.5. The Balaban J connectivity index is 3.45. The van der Waals surface area contributed by atoms with Gasteiger partial charge < -0.3 is 0 Å². The van der Waals surface area contributed by atoms with Gasteiger partial charge in [-0.25, -0.2) is 13.8 Å². The van der Waals surface area contributed by atoms with Crippen molar-refractivity contribution >= 4 is 17.9 Å². The molecule has 1 aromatic heterocycles. The lowest BCUT2D eigenvalue weighted by atomic mass is 10.2. The largest absolute Gasteiger partial charge is 0.434 e. The molecule has 16 heavy (non-hydrogen) atoms. The van der Waals surface area contributed by atoms with E-state index in [1.807, 2.05) is 0 Å². The zero-order chi connectivity index (χ0) is 12.5. The average molecular weight is 260 g/mol. The number of hydrogen-bond donors (Lipinski definition) is 0. The van der Waals surface area contributed by atoms with Crippen molar-refractivity contribution in [1.29, 1.82) is 0 Å². The van der Waals surface area contributed by atoms with Gasteiger partial charge in [0.2, 0.25) is 0 Å². The van der Waals surface area contributed by atoms with Gasteiger partial charge in [-0.3, -0.25) is 4.79 Å². The summed E-state index contributed by atoms with van der Waals surface area (Å²) < 4.78 is 61.3. The standard InChI is InChI=1S/C8H3ClF5NO/c9-4-1-3(2-16)5(7(10)11)15-6(4)8(12,13)14/h1-2,7H. The van der Waals surface area contributed by atoms with Crippen molar-refractivity contribution in [3.8, 4) is 0 Å². The van der Waals surface area contributed by atoms with Gasteiger partial charge in [-0.05, 0) is 6.07 Å². The molecule has 1 aromatic rings. The number of hydrogen-bond acceptors (Lipinski definition) is 2. The summed E-state index contributed by atoms with van der Waals surface area (Å²) in [5.41, 5.74) is -3.52. The topological polar surface area (TPSA) is 30.0 Å². The zero-order valence-electron chi connectivity index (χ0n) is 7.36. The molecule has 88 valence electrons. The van der Waals surface area contributed by atoms with E-state index in [9.17, 15) is 26.7 Å². The first-order chi connectivity index (χ1) is 7.27. The molecule has 0 N–H and O–H groups in total. The highest BCUT2D eigenvalue weighted by molar-refractivity contribution is 6.31. The predicted octanol–water partition coefficient (Wildman–Crippen LogP) is 3.50. The maximum absolute atomic E-state index is 12.3. The molecule has 8 heteroatoms. The molecule has 1 heterocycles. The number of rotatable bonds is 2. The summed E-state index contributed by atoms with van der Waals surface area (Å²) in [6.07, 6.45) is -8.25. The Morgan fingerprint density at radius 2 is 1.94 bits per heavy atom. The molecule has 0 atom stereocenters. The van der Waals surface area contributed by atoms with Crippen molar-refractivity contribution in [2.75, 3.05) is 0 Å². The van der Waals surface area contributed by atoms with Gasteiger partial charge in [0, 0.05) is 5.56 Å². The average Bonchev–Trinajstić information content (AvgIpc) is 2.14. The summed E-state index contributed by atoms with van der Waals surface area (Å²) in [6, 6.07) is 0.520. The molecular formula is C8H3ClF5NO. The van der Waals surface area contributed by atoms with E-state index in [-0.39, 0.29) is 6.29 Å². The number of pyridine rings is 1. The smallest absolute Gasteiger partial charge is 0.298 e. The van der Waals surface area contributed by atoms with Crippen molar-refractivity contribution in [3.63, 3.8) is 0 Å². The lowest BCUT2D eigenvalue weighted by Gasteiger charge is -2.11. The van der Waals surface area contributed by atoms with Crippen LogP contribution in [0.4, 0.5) is 22.0 Å². The summed E-state index contributed by atoms with van der Waals surface area (Å²) in [6.45, 7) is 0. The molecule has 0 radical (unpaired) electrons. The fraction of sp³-hybridized carbons (Fsp3) is 0.250. The molecule has 1 rings (SSSR count). The van der Waals surface area contributed by atoms with Gasteiger partial charge in [-0.1, -0.05) is 11.6 Å². The van der Waals surface area contributed by atoms with Crippen LogP contribution in [0.25, 0.3) is 0 Å². The number of carbonyl (C=O) groups is 1. The maximum atomic E-state index is 12.3. The molecule has 0 fully saturated rings. The fourth-order valence-corrected chi connectivity index (χ4v) is 1.25. The third-order valence-electron chi connectivity index (χ3n) is 1.64. The van der Waals surface area contributed by atoms with E-state index in [0.717, 1.165) is 0 Å². The van der Waals surface area contributed by atoms with Gasteiger partial charge in [-0.15, -0.1) is 0 Å². The summed E-state index contributed by atoms with van der Waals surface area (Å²) in [4.78, 5) is 13.0. The first-order valence-electron chi connectivity index (χ1n) is 3.78. The van der Waals surface area contributed by atoms with Crippen LogP contribution < -0.4 is 0 Å². The van der Waals surface area contributed by atoms with Gasteiger partial charge in [0.25, 0.3) is 6.43 Å². The van der Waals surface area contributed by atoms with Gasteiger partial charge in [-0.2, -0.15) is 13.2 Å². The highest BCUT2D eigenvalue weighted by Crippen LogP contribution is 2.35. The Labute approximate surface area is 91.0 Å². The van der Waals surface area contributed by atoms with Crippen LogP contribution in [-0.4, -0.2) is 11.3 Å². The second-order valence-corrected chi connectivity index (χ2v) is 3.12.